The van der Waals surface area contributed by atoms with E-state index in [9.17, 15) is 4.79 Å². The number of hydrogen-bond acceptors (Lipinski definition) is 5. The van der Waals surface area contributed by atoms with E-state index in [0.717, 1.165) is 19.5 Å². The smallest absolute Gasteiger partial charge is 0.233 e. The van der Waals surface area contributed by atoms with E-state index in [-0.39, 0.29) is 11.9 Å². The van der Waals surface area contributed by atoms with Crippen molar-refractivity contribution in [2.75, 3.05) is 24.6 Å². The molecule has 2 rings (SSSR count). The number of nitrogens with one attached hydrogen (secondary N) is 1. The van der Waals surface area contributed by atoms with E-state index in [0.29, 0.717) is 10.9 Å². The maximum absolute atomic E-state index is 11.4. The monoisotopic (exact) mass is 213 g/mol. The number of anilines is 1. The van der Waals surface area contributed by atoms with Gasteiger partial charge in [-0.05, 0) is 6.42 Å². The Morgan fingerprint density at radius 2 is 2.43 bits per heavy atom. The van der Waals surface area contributed by atoms with Crippen LogP contribution in [0.15, 0.2) is 5.16 Å². The molecule has 1 amide bonds. The number of likely N-dealkylation sites (tertiary alicyclic amines) is 1. The summed E-state index contributed by atoms with van der Waals surface area (Å²) < 4.78 is 0. The van der Waals surface area contributed by atoms with E-state index in [1.54, 1.807) is 0 Å². The molecular formula is C7H11N5OS. The summed E-state index contributed by atoms with van der Waals surface area (Å²) in [5.74, 6) is 0.811. The van der Waals surface area contributed by atoms with Crippen molar-refractivity contribution >= 4 is 23.6 Å². The van der Waals surface area contributed by atoms with Gasteiger partial charge in [-0.2, -0.15) is 4.98 Å². The molecule has 1 aromatic rings. The Labute approximate surface area is 85.3 Å². The Bertz CT molecular complexity index is 335. The zero-order valence-electron chi connectivity index (χ0n) is 7.56. The van der Waals surface area contributed by atoms with Crippen molar-refractivity contribution in [3.8, 4) is 0 Å². The summed E-state index contributed by atoms with van der Waals surface area (Å²) in [7, 11) is 0. The van der Waals surface area contributed by atoms with Gasteiger partial charge in [0.05, 0.1) is 5.75 Å². The number of rotatable bonds is 3. The zero-order chi connectivity index (χ0) is 9.97. The van der Waals surface area contributed by atoms with Crippen LogP contribution in [0.1, 0.15) is 6.42 Å². The van der Waals surface area contributed by atoms with Crippen LogP contribution < -0.4 is 5.73 Å². The third kappa shape index (κ3) is 1.98. The second-order valence-corrected chi connectivity index (χ2v) is 3.97. The summed E-state index contributed by atoms with van der Waals surface area (Å²) in [6, 6.07) is 0. The minimum absolute atomic E-state index is 0.143. The molecule has 1 fully saturated rings. The number of hydrogen-bond donors (Lipinski definition) is 2. The van der Waals surface area contributed by atoms with Gasteiger partial charge in [-0.25, -0.2) is 5.10 Å². The highest BCUT2D eigenvalue weighted by molar-refractivity contribution is 7.99. The first-order valence-corrected chi connectivity index (χ1v) is 5.33. The van der Waals surface area contributed by atoms with Crippen LogP contribution in [-0.2, 0) is 4.79 Å². The van der Waals surface area contributed by atoms with Crippen molar-refractivity contribution in [3.63, 3.8) is 0 Å². The van der Waals surface area contributed by atoms with Gasteiger partial charge in [-0.3, -0.25) is 4.79 Å². The normalized spacial score (nSPS) is 15.3. The van der Waals surface area contributed by atoms with Crippen molar-refractivity contribution in [3.05, 3.63) is 0 Å². The van der Waals surface area contributed by atoms with Crippen LogP contribution in [0.5, 0.6) is 0 Å². The molecule has 7 heteroatoms. The molecule has 0 atom stereocenters. The fraction of sp³-hybridized carbons (Fsp3) is 0.571. The van der Waals surface area contributed by atoms with Gasteiger partial charge in [-0.1, -0.05) is 11.8 Å². The molecule has 1 aromatic heterocycles. The minimum Gasteiger partial charge on any atom is -0.368 e. The second kappa shape index (κ2) is 3.87. The number of thioether (sulfide) groups is 1. The van der Waals surface area contributed by atoms with Gasteiger partial charge >= 0.3 is 0 Å². The average Bonchev–Trinajstić information content (AvgIpc) is 2.45. The summed E-state index contributed by atoms with van der Waals surface area (Å²) in [5.41, 5.74) is 5.34. The van der Waals surface area contributed by atoms with Crippen LogP contribution in [0.3, 0.4) is 0 Å². The first-order valence-electron chi connectivity index (χ1n) is 4.34. The topological polar surface area (TPSA) is 87.9 Å². The Hall–Kier alpha value is -1.24. The molecular weight excluding hydrogens is 202 g/mol. The van der Waals surface area contributed by atoms with Crippen LogP contribution in [-0.4, -0.2) is 44.8 Å². The minimum atomic E-state index is 0.143. The molecule has 0 spiro atoms. The van der Waals surface area contributed by atoms with Crippen LogP contribution in [0.2, 0.25) is 0 Å². The molecule has 76 valence electrons. The number of H-pyrrole nitrogens is 1. The van der Waals surface area contributed by atoms with E-state index in [4.69, 9.17) is 5.73 Å². The first-order chi connectivity index (χ1) is 6.75. The van der Waals surface area contributed by atoms with E-state index >= 15 is 0 Å². The van der Waals surface area contributed by atoms with Crippen molar-refractivity contribution in [1.82, 2.24) is 20.1 Å². The van der Waals surface area contributed by atoms with Crippen molar-refractivity contribution in [2.45, 2.75) is 11.6 Å². The molecule has 6 nitrogen and oxygen atoms in total. The van der Waals surface area contributed by atoms with Crippen LogP contribution in [0.4, 0.5) is 5.95 Å². The number of aromatic amines is 1. The molecule has 0 aromatic carbocycles. The number of carbonyl (C=O) groups excluding carboxylic acids is 1. The average molecular weight is 213 g/mol. The van der Waals surface area contributed by atoms with E-state index in [2.05, 4.69) is 15.2 Å². The molecule has 0 saturated carbocycles. The highest BCUT2D eigenvalue weighted by Crippen LogP contribution is 2.15. The Morgan fingerprint density at radius 1 is 1.64 bits per heavy atom. The molecule has 0 radical (unpaired) electrons. The quantitative estimate of drug-likeness (QED) is 0.674. The zero-order valence-corrected chi connectivity index (χ0v) is 8.38. The van der Waals surface area contributed by atoms with Crippen LogP contribution in [0.25, 0.3) is 0 Å². The molecule has 0 aliphatic carbocycles. The summed E-state index contributed by atoms with van der Waals surface area (Å²) in [6.07, 6.45) is 1.12. The largest absolute Gasteiger partial charge is 0.368 e. The van der Waals surface area contributed by atoms with Crippen LogP contribution in [0, 0.1) is 0 Å². The predicted octanol–water partition coefficient (Wildman–Crippen LogP) is -0.289. The summed E-state index contributed by atoms with van der Waals surface area (Å²) in [5, 5.41) is 6.87. The Balaban J connectivity index is 1.79. The van der Waals surface area contributed by atoms with Gasteiger partial charge in [0.1, 0.15) is 0 Å². The third-order valence-corrected chi connectivity index (χ3v) is 2.85. The highest BCUT2D eigenvalue weighted by atomic mass is 32.2. The lowest BCUT2D eigenvalue weighted by Gasteiger charge is -2.30. The van der Waals surface area contributed by atoms with Crippen LogP contribution >= 0.6 is 11.8 Å². The van der Waals surface area contributed by atoms with Crippen molar-refractivity contribution < 1.29 is 4.79 Å². The fourth-order valence-corrected chi connectivity index (χ4v) is 1.81. The van der Waals surface area contributed by atoms with E-state index in [1.165, 1.54) is 11.8 Å². The molecule has 2 heterocycles. The number of carbonyl (C=O) groups is 1. The molecule has 1 saturated heterocycles. The highest BCUT2D eigenvalue weighted by Gasteiger charge is 2.20. The van der Waals surface area contributed by atoms with Gasteiger partial charge in [0.25, 0.3) is 0 Å². The summed E-state index contributed by atoms with van der Waals surface area (Å²) in [4.78, 5) is 17.1. The number of nitrogens with zero attached hydrogens (tertiary/aromatic N) is 3. The lowest BCUT2D eigenvalue weighted by molar-refractivity contribution is -0.131. The number of nitrogen functional groups attached to an aromatic ring is 1. The fourth-order valence-electron chi connectivity index (χ4n) is 1.11. The molecule has 3 N–H and O–H groups in total. The lowest BCUT2D eigenvalue weighted by Crippen LogP contribution is -2.43. The van der Waals surface area contributed by atoms with Gasteiger partial charge in [0, 0.05) is 13.1 Å². The SMILES string of the molecule is Nc1nc(SCC(=O)N2CCC2)n[nH]1. The van der Waals surface area contributed by atoms with E-state index < -0.39 is 0 Å². The molecule has 1 aliphatic heterocycles. The maximum Gasteiger partial charge on any atom is 0.233 e. The van der Waals surface area contributed by atoms with Crippen molar-refractivity contribution in [2.24, 2.45) is 0 Å². The van der Waals surface area contributed by atoms with Gasteiger partial charge in [-0.15, -0.1) is 5.10 Å². The lowest BCUT2D eigenvalue weighted by atomic mass is 10.2. The molecule has 14 heavy (non-hydrogen) atoms. The molecule has 0 unspecified atom stereocenters. The Kier molecular flexibility index (Phi) is 2.58. The summed E-state index contributed by atoms with van der Waals surface area (Å²) in [6.45, 7) is 1.77. The molecule has 1 aliphatic rings. The maximum atomic E-state index is 11.4. The number of amides is 1. The van der Waals surface area contributed by atoms with Crippen molar-refractivity contribution in [1.29, 1.82) is 0 Å². The number of nitrogens with two attached hydrogens (primary N) is 1. The van der Waals surface area contributed by atoms with E-state index in [1.807, 2.05) is 4.90 Å². The van der Waals surface area contributed by atoms with Gasteiger partial charge in [0.15, 0.2) is 0 Å². The second-order valence-electron chi connectivity index (χ2n) is 3.03. The first kappa shape index (κ1) is 9.32. The Morgan fingerprint density at radius 3 is 2.93 bits per heavy atom. The third-order valence-electron chi connectivity index (χ3n) is 2.02. The summed E-state index contributed by atoms with van der Waals surface area (Å²) >= 11 is 1.30. The predicted molar refractivity (Wildman–Crippen MR) is 52.7 cm³/mol. The van der Waals surface area contributed by atoms with Gasteiger partial charge in [0.2, 0.25) is 17.0 Å². The molecule has 0 bridgehead atoms. The standard InChI is InChI=1S/C7H11N5OS/c8-6-9-7(11-10-6)14-4-5(13)12-2-1-3-12/h1-4H2,(H3,8,9,10,11). The van der Waals surface area contributed by atoms with Gasteiger partial charge < -0.3 is 10.6 Å². The number of aromatic nitrogens is 3.